The average Bonchev–Trinajstić information content (AvgIpc) is 2.90. The Balaban J connectivity index is 1.67. The summed E-state index contributed by atoms with van der Waals surface area (Å²) in [5.74, 6) is 0.828. The third-order valence-corrected chi connectivity index (χ3v) is 4.36. The van der Waals surface area contributed by atoms with Crippen LogP contribution in [-0.4, -0.2) is 9.97 Å². The number of hydrogen-bond acceptors (Lipinski definition) is 2. The average molecular weight is 298 g/mol. The van der Waals surface area contributed by atoms with Crippen molar-refractivity contribution in [2.75, 3.05) is 5.32 Å². The van der Waals surface area contributed by atoms with Crippen LogP contribution in [0.3, 0.4) is 0 Å². The lowest BCUT2D eigenvalue weighted by Gasteiger charge is -2.26. The molecule has 3 aromatic rings. The van der Waals surface area contributed by atoms with Gasteiger partial charge in [-0.05, 0) is 54.7 Å². The molecule has 0 saturated carbocycles. The van der Waals surface area contributed by atoms with Crippen LogP contribution in [0.15, 0.2) is 42.5 Å². The van der Waals surface area contributed by atoms with Crippen LogP contribution >= 0.6 is 11.6 Å². The van der Waals surface area contributed by atoms with E-state index in [0.29, 0.717) is 0 Å². The highest BCUT2D eigenvalue weighted by Crippen LogP contribution is 2.33. The summed E-state index contributed by atoms with van der Waals surface area (Å²) in [6, 6.07) is 14.5. The van der Waals surface area contributed by atoms with Crippen molar-refractivity contribution in [3.05, 3.63) is 58.6 Å². The topological polar surface area (TPSA) is 40.7 Å². The molecule has 0 amide bonds. The van der Waals surface area contributed by atoms with E-state index in [2.05, 4.69) is 27.4 Å². The molecular formula is C17H16ClN3. The third-order valence-electron chi connectivity index (χ3n) is 4.12. The fourth-order valence-electron chi connectivity index (χ4n) is 3.11. The van der Waals surface area contributed by atoms with Crippen molar-refractivity contribution >= 4 is 28.6 Å². The summed E-state index contributed by atoms with van der Waals surface area (Å²) < 4.78 is 0. The summed E-state index contributed by atoms with van der Waals surface area (Å²) in [6.45, 7) is 0. The molecule has 0 bridgehead atoms. The van der Waals surface area contributed by atoms with E-state index in [1.54, 1.807) is 0 Å². The first kappa shape index (κ1) is 12.7. The van der Waals surface area contributed by atoms with E-state index in [-0.39, 0.29) is 6.04 Å². The normalized spacial score (nSPS) is 17.7. The van der Waals surface area contributed by atoms with Gasteiger partial charge in [0.25, 0.3) is 0 Å². The maximum absolute atomic E-state index is 6.16. The number of benzene rings is 2. The van der Waals surface area contributed by atoms with Crippen molar-refractivity contribution < 1.29 is 0 Å². The number of aromatic amines is 1. The SMILES string of the molecule is Clc1ccc2c(c1)[C@H](Nc1nc3ccccc3[nH]1)CCC2. The van der Waals surface area contributed by atoms with Gasteiger partial charge in [-0.3, -0.25) is 0 Å². The number of halogens is 1. The van der Waals surface area contributed by atoms with E-state index in [9.17, 15) is 0 Å². The number of nitrogens with zero attached hydrogens (tertiary/aromatic N) is 1. The molecule has 0 unspecified atom stereocenters. The molecule has 0 saturated heterocycles. The molecule has 1 aromatic heterocycles. The molecule has 4 rings (SSSR count). The number of hydrogen-bond donors (Lipinski definition) is 2. The molecular weight excluding hydrogens is 282 g/mol. The van der Waals surface area contributed by atoms with Crippen LogP contribution in [0.1, 0.15) is 30.0 Å². The van der Waals surface area contributed by atoms with Gasteiger partial charge in [-0.1, -0.05) is 29.8 Å². The van der Waals surface area contributed by atoms with Crippen molar-refractivity contribution in [1.82, 2.24) is 9.97 Å². The summed E-state index contributed by atoms with van der Waals surface area (Å²) in [7, 11) is 0. The second-order valence-electron chi connectivity index (χ2n) is 5.53. The van der Waals surface area contributed by atoms with E-state index in [4.69, 9.17) is 11.6 Å². The van der Waals surface area contributed by atoms with Crippen molar-refractivity contribution in [2.45, 2.75) is 25.3 Å². The molecule has 1 atom stereocenters. The number of aryl methyl sites for hydroxylation is 1. The number of para-hydroxylation sites is 2. The number of nitrogens with one attached hydrogen (secondary N) is 2. The van der Waals surface area contributed by atoms with E-state index in [1.807, 2.05) is 30.3 Å². The van der Waals surface area contributed by atoms with Gasteiger partial charge in [0.15, 0.2) is 0 Å². The first-order valence-electron chi connectivity index (χ1n) is 7.29. The van der Waals surface area contributed by atoms with E-state index >= 15 is 0 Å². The molecule has 21 heavy (non-hydrogen) atoms. The highest BCUT2D eigenvalue weighted by Gasteiger charge is 2.21. The lowest BCUT2D eigenvalue weighted by Crippen LogP contribution is -2.18. The zero-order chi connectivity index (χ0) is 14.2. The van der Waals surface area contributed by atoms with Crippen LogP contribution in [0.25, 0.3) is 11.0 Å². The molecule has 1 aliphatic rings. The van der Waals surface area contributed by atoms with Crippen LogP contribution in [-0.2, 0) is 6.42 Å². The quantitative estimate of drug-likeness (QED) is 0.719. The van der Waals surface area contributed by atoms with Gasteiger partial charge < -0.3 is 10.3 Å². The maximum atomic E-state index is 6.16. The molecule has 0 spiro atoms. The molecule has 1 heterocycles. The Kier molecular flexibility index (Phi) is 3.08. The lowest BCUT2D eigenvalue weighted by atomic mass is 9.88. The Hall–Kier alpha value is -2.00. The fourth-order valence-corrected chi connectivity index (χ4v) is 3.29. The van der Waals surface area contributed by atoms with Gasteiger partial charge in [-0.15, -0.1) is 0 Å². The molecule has 1 aliphatic carbocycles. The van der Waals surface area contributed by atoms with E-state index in [0.717, 1.165) is 34.8 Å². The van der Waals surface area contributed by atoms with Crippen molar-refractivity contribution in [1.29, 1.82) is 0 Å². The number of rotatable bonds is 2. The molecule has 0 radical (unpaired) electrons. The number of fused-ring (bicyclic) bond motifs is 2. The number of H-pyrrole nitrogens is 1. The van der Waals surface area contributed by atoms with Gasteiger partial charge in [-0.25, -0.2) is 4.98 Å². The number of anilines is 1. The van der Waals surface area contributed by atoms with Crippen molar-refractivity contribution in [2.24, 2.45) is 0 Å². The molecule has 4 heteroatoms. The van der Waals surface area contributed by atoms with Crippen LogP contribution < -0.4 is 5.32 Å². The Labute approximate surface area is 128 Å². The van der Waals surface area contributed by atoms with Crippen LogP contribution in [0.2, 0.25) is 5.02 Å². The molecule has 0 aliphatic heterocycles. The van der Waals surface area contributed by atoms with Crippen molar-refractivity contribution in [3.63, 3.8) is 0 Å². The molecule has 3 nitrogen and oxygen atoms in total. The third kappa shape index (κ3) is 2.38. The van der Waals surface area contributed by atoms with Gasteiger partial charge in [0.05, 0.1) is 17.1 Å². The monoisotopic (exact) mass is 297 g/mol. The smallest absolute Gasteiger partial charge is 0.201 e. The van der Waals surface area contributed by atoms with Crippen LogP contribution in [0.5, 0.6) is 0 Å². The summed E-state index contributed by atoms with van der Waals surface area (Å²) >= 11 is 6.16. The maximum Gasteiger partial charge on any atom is 0.201 e. The Morgan fingerprint density at radius 3 is 3.00 bits per heavy atom. The Morgan fingerprint density at radius 2 is 2.10 bits per heavy atom. The molecule has 106 valence electrons. The van der Waals surface area contributed by atoms with Gasteiger partial charge >= 0.3 is 0 Å². The highest BCUT2D eigenvalue weighted by molar-refractivity contribution is 6.30. The van der Waals surface area contributed by atoms with Gasteiger partial charge in [0.2, 0.25) is 5.95 Å². The highest BCUT2D eigenvalue weighted by atomic mass is 35.5. The van der Waals surface area contributed by atoms with Crippen LogP contribution in [0.4, 0.5) is 5.95 Å². The minimum absolute atomic E-state index is 0.271. The molecule has 0 fully saturated rings. The van der Waals surface area contributed by atoms with Crippen LogP contribution in [0, 0.1) is 0 Å². The predicted molar refractivity (Wildman–Crippen MR) is 86.8 cm³/mol. The second-order valence-corrected chi connectivity index (χ2v) is 5.97. The van der Waals surface area contributed by atoms with Gasteiger partial charge in [0.1, 0.15) is 0 Å². The zero-order valence-electron chi connectivity index (χ0n) is 11.6. The summed E-state index contributed by atoms with van der Waals surface area (Å²) in [6.07, 6.45) is 3.42. The largest absolute Gasteiger partial charge is 0.349 e. The summed E-state index contributed by atoms with van der Waals surface area (Å²) in [5.41, 5.74) is 4.73. The molecule has 2 aromatic carbocycles. The van der Waals surface area contributed by atoms with Gasteiger partial charge in [-0.2, -0.15) is 0 Å². The standard InChI is InChI=1S/C17H16ClN3/c18-12-9-8-11-4-3-7-14(13(11)10-12)19-17-20-15-5-1-2-6-16(15)21-17/h1-2,5-6,8-10,14H,3-4,7H2,(H2,19,20,21)/t14-/m1/s1. The zero-order valence-corrected chi connectivity index (χ0v) is 12.3. The van der Waals surface area contributed by atoms with Crippen molar-refractivity contribution in [3.8, 4) is 0 Å². The van der Waals surface area contributed by atoms with E-state index < -0.39 is 0 Å². The first-order chi connectivity index (χ1) is 10.3. The summed E-state index contributed by atoms with van der Waals surface area (Å²) in [4.78, 5) is 7.94. The minimum Gasteiger partial charge on any atom is -0.349 e. The molecule has 2 N–H and O–H groups in total. The minimum atomic E-state index is 0.271. The number of aromatic nitrogens is 2. The Morgan fingerprint density at radius 1 is 1.19 bits per heavy atom. The second kappa shape index (κ2) is 5.08. The predicted octanol–water partition coefficient (Wildman–Crippen LogP) is 4.71. The van der Waals surface area contributed by atoms with E-state index in [1.165, 1.54) is 17.5 Å². The van der Waals surface area contributed by atoms with Gasteiger partial charge in [0, 0.05) is 5.02 Å². The summed E-state index contributed by atoms with van der Waals surface area (Å²) in [5, 5.41) is 4.33. The number of imidazole rings is 1. The lowest BCUT2D eigenvalue weighted by molar-refractivity contribution is 0.597. The Bertz CT molecular complexity index is 761. The first-order valence-corrected chi connectivity index (χ1v) is 7.67. The fraction of sp³-hybridized carbons (Fsp3) is 0.235.